The lowest BCUT2D eigenvalue weighted by Crippen LogP contribution is -2.38. The molecule has 1 amide bonds. The molecule has 2 N–H and O–H groups in total. The summed E-state index contributed by atoms with van der Waals surface area (Å²) in [6, 6.07) is 10.2. The Balaban J connectivity index is 0.00000182. The molecule has 3 rings (SSSR count). The van der Waals surface area contributed by atoms with Crippen LogP contribution in [-0.2, 0) is 0 Å². The Morgan fingerprint density at radius 2 is 1.93 bits per heavy atom. The van der Waals surface area contributed by atoms with E-state index in [1.807, 2.05) is 20.2 Å². The summed E-state index contributed by atoms with van der Waals surface area (Å²) >= 11 is 0. The van der Waals surface area contributed by atoms with Gasteiger partial charge < -0.3 is 15.5 Å². The number of nitrogens with one attached hydrogen (secondary N) is 2. The number of benzene rings is 1. The van der Waals surface area contributed by atoms with E-state index in [-0.39, 0.29) is 30.7 Å². The van der Waals surface area contributed by atoms with E-state index in [9.17, 15) is 4.79 Å². The lowest BCUT2D eigenvalue weighted by molar-refractivity contribution is 0.0944. The number of aromatic nitrogens is 1. The molecule has 0 spiro atoms. The summed E-state index contributed by atoms with van der Waals surface area (Å²) in [7, 11) is 4.03. The Morgan fingerprint density at radius 3 is 2.56 bits per heavy atom. The minimum absolute atomic E-state index is 0. The SMILES string of the molecule is CN(C)c1ccc(-c2cncc(C(=O)NCC3CCCNC3)c2)cc1.Cl.Cl. The molecule has 2 aromatic rings. The molecule has 1 unspecified atom stereocenters. The monoisotopic (exact) mass is 410 g/mol. The number of carbonyl (C=O) groups excluding carboxylic acids is 1. The predicted molar refractivity (Wildman–Crippen MR) is 116 cm³/mol. The lowest BCUT2D eigenvalue weighted by Gasteiger charge is -2.22. The van der Waals surface area contributed by atoms with Gasteiger partial charge in [0.15, 0.2) is 0 Å². The standard InChI is InChI=1S/C20H26N4O.2ClH/c1-24(2)19-7-5-16(6-8-19)17-10-18(14-22-13-17)20(25)23-12-15-4-3-9-21-11-15;;/h5-8,10,13-15,21H,3-4,9,11-12H2,1-2H3,(H,23,25);2*1H. The molecule has 1 fully saturated rings. The third kappa shape index (κ3) is 6.38. The van der Waals surface area contributed by atoms with Crippen LogP contribution in [0.2, 0.25) is 0 Å². The van der Waals surface area contributed by atoms with Gasteiger partial charge in [-0.15, -0.1) is 24.8 Å². The van der Waals surface area contributed by atoms with Gasteiger partial charge in [0.05, 0.1) is 5.56 Å². The van der Waals surface area contributed by atoms with Gasteiger partial charge in [0.2, 0.25) is 0 Å². The van der Waals surface area contributed by atoms with Crippen LogP contribution in [0.25, 0.3) is 11.1 Å². The molecule has 2 heterocycles. The number of carbonyl (C=O) groups is 1. The van der Waals surface area contributed by atoms with Gasteiger partial charge in [0.1, 0.15) is 0 Å². The van der Waals surface area contributed by atoms with Crippen LogP contribution in [0, 0.1) is 5.92 Å². The Bertz CT molecular complexity index is 716. The first-order valence-electron chi connectivity index (χ1n) is 8.85. The Hall–Kier alpha value is -1.82. The van der Waals surface area contributed by atoms with Crippen molar-refractivity contribution in [3.63, 3.8) is 0 Å². The first kappa shape index (κ1) is 23.2. The molecule has 1 atom stereocenters. The van der Waals surface area contributed by atoms with Gasteiger partial charge in [-0.3, -0.25) is 9.78 Å². The fourth-order valence-electron chi connectivity index (χ4n) is 3.11. The predicted octanol–water partition coefficient (Wildman–Crippen LogP) is 3.39. The van der Waals surface area contributed by atoms with Crippen molar-refractivity contribution in [3.05, 3.63) is 48.3 Å². The summed E-state index contributed by atoms with van der Waals surface area (Å²) in [5, 5.41) is 6.42. The second-order valence-corrected chi connectivity index (χ2v) is 6.83. The number of halogens is 2. The Kier molecular flexibility index (Phi) is 9.56. The number of hydrogen-bond acceptors (Lipinski definition) is 4. The molecule has 1 aromatic carbocycles. The maximum atomic E-state index is 12.4. The van der Waals surface area contributed by atoms with E-state index in [0.717, 1.165) is 29.9 Å². The fourth-order valence-corrected chi connectivity index (χ4v) is 3.11. The van der Waals surface area contributed by atoms with Crippen molar-refractivity contribution in [1.82, 2.24) is 15.6 Å². The molecular formula is C20H28Cl2N4O. The lowest BCUT2D eigenvalue weighted by atomic mass is 9.99. The normalized spacial score (nSPS) is 15.9. The van der Waals surface area contributed by atoms with E-state index in [4.69, 9.17) is 0 Å². The van der Waals surface area contributed by atoms with Crippen molar-refractivity contribution in [2.75, 3.05) is 38.6 Å². The zero-order chi connectivity index (χ0) is 17.6. The van der Waals surface area contributed by atoms with Gasteiger partial charge in [0, 0.05) is 44.3 Å². The fraction of sp³-hybridized carbons (Fsp3) is 0.400. The van der Waals surface area contributed by atoms with Crippen LogP contribution in [0.5, 0.6) is 0 Å². The van der Waals surface area contributed by atoms with Gasteiger partial charge in [-0.2, -0.15) is 0 Å². The Labute approximate surface area is 173 Å². The number of rotatable bonds is 5. The molecule has 0 aliphatic carbocycles. The summed E-state index contributed by atoms with van der Waals surface area (Å²) < 4.78 is 0. The molecular weight excluding hydrogens is 383 g/mol. The van der Waals surface area contributed by atoms with Crippen molar-refractivity contribution in [1.29, 1.82) is 0 Å². The largest absolute Gasteiger partial charge is 0.378 e. The van der Waals surface area contributed by atoms with Gasteiger partial charge in [-0.25, -0.2) is 0 Å². The van der Waals surface area contributed by atoms with E-state index in [1.165, 1.54) is 12.8 Å². The van der Waals surface area contributed by atoms with Crippen molar-refractivity contribution in [3.8, 4) is 11.1 Å². The van der Waals surface area contributed by atoms with E-state index in [1.54, 1.807) is 12.4 Å². The molecule has 1 saturated heterocycles. The summed E-state index contributed by atoms with van der Waals surface area (Å²) in [4.78, 5) is 18.7. The van der Waals surface area contributed by atoms with Crippen molar-refractivity contribution in [2.45, 2.75) is 12.8 Å². The van der Waals surface area contributed by atoms with Crippen LogP contribution in [0.3, 0.4) is 0 Å². The summed E-state index contributed by atoms with van der Waals surface area (Å²) in [6.07, 6.45) is 5.78. The maximum Gasteiger partial charge on any atom is 0.252 e. The molecule has 1 aromatic heterocycles. The van der Waals surface area contributed by atoms with Crippen LogP contribution < -0.4 is 15.5 Å². The summed E-state index contributed by atoms with van der Waals surface area (Å²) in [6.45, 7) is 2.79. The average Bonchev–Trinajstić information content (AvgIpc) is 2.67. The highest BCUT2D eigenvalue weighted by atomic mass is 35.5. The van der Waals surface area contributed by atoms with Crippen molar-refractivity contribution >= 4 is 36.4 Å². The zero-order valence-electron chi connectivity index (χ0n) is 15.8. The first-order chi connectivity index (χ1) is 12.1. The van der Waals surface area contributed by atoms with E-state index < -0.39 is 0 Å². The number of anilines is 1. The van der Waals surface area contributed by atoms with Crippen LogP contribution in [0.1, 0.15) is 23.2 Å². The highest BCUT2D eigenvalue weighted by Gasteiger charge is 2.15. The Morgan fingerprint density at radius 1 is 1.19 bits per heavy atom. The number of amides is 1. The van der Waals surface area contributed by atoms with E-state index in [0.29, 0.717) is 18.0 Å². The molecule has 0 saturated carbocycles. The molecule has 1 aliphatic heterocycles. The van der Waals surface area contributed by atoms with Crippen molar-refractivity contribution < 1.29 is 4.79 Å². The van der Waals surface area contributed by atoms with Crippen LogP contribution in [-0.4, -0.2) is 44.6 Å². The first-order valence-corrected chi connectivity index (χ1v) is 8.85. The van der Waals surface area contributed by atoms with Gasteiger partial charge in [-0.05, 0) is 55.6 Å². The molecule has 1 aliphatic rings. The van der Waals surface area contributed by atoms with Gasteiger partial charge in [0.25, 0.3) is 5.91 Å². The second-order valence-electron chi connectivity index (χ2n) is 6.83. The third-order valence-corrected chi connectivity index (χ3v) is 4.67. The van der Waals surface area contributed by atoms with Crippen LogP contribution in [0.4, 0.5) is 5.69 Å². The van der Waals surface area contributed by atoms with Gasteiger partial charge in [-0.1, -0.05) is 12.1 Å². The number of nitrogens with zero attached hydrogens (tertiary/aromatic N) is 2. The van der Waals surface area contributed by atoms with Crippen LogP contribution in [0.15, 0.2) is 42.7 Å². The van der Waals surface area contributed by atoms with Gasteiger partial charge >= 0.3 is 0 Å². The highest BCUT2D eigenvalue weighted by Crippen LogP contribution is 2.22. The topological polar surface area (TPSA) is 57.3 Å². The second kappa shape index (κ2) is 11.1. The number of piperidine rings is 1. The minimum atomic E-state index is -0.0511. The number of hydrogen-bond donors (Lipinski definition) is 2. The molecule has 0 bridgehead atoms. The minimum Gasteiger partial charge on any atom is -0.378 e. The molecule has 7 heteroatoms. The summed E-state index contributed by atoms with van der Waals surface area (Å²) in [5.41, 5.74) is 3.77. The summed E-state index contributed by atoms with van der Waals surface area (Å²) in [5.74, 6) is 0.470. The quantitative estimate of drug-likeness (QED) is 0.792. The third-order valence-electron chi connectivity index (χ3n) is 4.67. The molecule has 0 radical (unpaired) electrons. The van der Waals surface area contributed by atoms with Crippen molar-refractivity contribution in [2.24, 2.45) is 5.92 Å². The maximum absolute atomic E-state index is 12.4. The van der Waals surface area contributed by atoms with E-state index in [2.05, 4.69) is 44.8 Å². The molecule has 5 nitrogen and oxygen atoms in total. The smallest absolute Gasteiger partial charge is 0.252 e. The van der Waals surface area contributed by atoms with Crippen LogP contribution >= 0.6 is 24.8 Å². The molecule has 148 valence electrons. The highest BCUT2D eigenvalue weighted by molar-refractivity contribution is 5.95. The average molecular weight is 411 g/mol. The number of pyridine rings is 1. The zero-order valence-corrected chi connectivity index (χ0v) is 17.4. The molecule has 27 heavy (non-hydrogen) atoms. The van der Waals surface area contributed by atoms with E-state index >= 15 is 0 Å².